The maximum atomic E-state index is 10.2. The van der Waals surface area contributed by atoms with Crippen LogP contribution in [0.5, 0.6) is 0 Å². The molecule has 0 bridgehead atoms. The maximum absolute atomic E-state index is 10.2. The number of fused-ring (bicyclic) bond motifs is 2. The van der Waals surface area contributed by atoms with E-state index in [0.29, 0.717) is 5.92 Å². The fraction of sp³-hybridized carbons (Fsp3) is 0.464. The van der Waals surface area contributed by atoms with Crippen molar-refractivity contribution < 1.29 is 30.3 Å². The van der Waals surface area contributed by atoms with Gasteiger partial charge in [-0.1, -0.05) is 52.0 Å². The molecule has 2 saturated carbocycles. The smallest absolute Gasteiger partial charge is 0.0646 e. The predicted octanol–water partition coefficient (Wildman–Crippen LogP) is 5.81. The first-order chi connectivity index (χ1) is 14.6. The largest absolute Gasteiger partial charge is 0.392 e. The number of aliphatic hydroxyl groups excluding tert-OH is 2. The molecule has 0 spiro atoms. The SMILES string of the molecule is CC1(C)CC2CC(C)(C)C(O)C2C1O.Cc1cc(-c2[c-]cccc2)nc2ccccc12.[Ir]. The number of para-hydroxylation sites is 1. The molecule has 0 aliphatic heterocycles. The van der Waals surface area contributed by atoms with Crippen molar-refractivity contribution in [3.05, 3.63) is 66.2 Å². The van der Waals surface area contributed by atoms with Crippen LogP contribution in [0.15, 0.2) is 54.6 Å². The number of rotatable bonds is 1. The third kappa shape index (κ3) is 4.70. The zero-order chi connectivity index (χ0) is 22.4. The molecule has 2 aliphatic carbocycles. The van der Waals surface area contributed by atoms with Crippen LogP contribution >= 0.6 is 0 Å². The van der Waals surface area contributed by atoms with Crippen LogP contribution in [-0.4, -0.2) is 27.4 Å². The van der Waals surface area contributed by atoms with E-state index in [1.165, 1.54) is 10.9 Å². The molecule has 173 valence electrons. The minimum atomic E-state index is -0.329. The summed E-state index contributed by atoms with van der Waals surface area (Å²) >= 11 is 0. The Labute approximate surface area is 205 Å². The van der Waals surface area contributed by atoms with Gasteiger partial charge >= 0.3 is 0 Å². The molecule has 2 fully saturated rings. The second-order valence-electron chi connectivity index (χ2n) is 10.7. The van der Waals surface area contributed by atoms with Gasteiger partial charge in [0.05, 0.1) is 17.7 Å². The Bertz CT molecular complexity index is 1040. The molecule has 1 heterocycles. The number of pyridine rings is 1. The Morgan fingerprint density at radius 1 is 0.906 bits per heavy atom. The third-order valence-corrected chi connectivity index (χ3v) is 7.36. The number of hydrogen-bond acceptors (Lipinski definition) is 3. The Kier molecular flexibility index (Phi) is 7.32. The second-order valence-corrected chi connectivity index (χ2v) is 10.7. The van der Waals surface area contributed by atoms with Crippen molar-refractivity contribution in [3.63, 3.8) is 0 Å². The summed E-state index contributed by atoms with van der Waals surface area (Å²) in [6, 6.07) is 21.5. The number of nitrogens with zero attached hydrogens (tertiary/aromatic N) is 1. The van der Waals surface area contributed by atoms with Crippen molar-refractivity contribution in [3.8, 4) is 11.3 Å². The van der Waals surface area contributed by atoms with E-state index in [4.69, 9.17) is 0 Å². The number of benzene rings is 2. The van der Waals surface area contributed by atoms with Crippen molar-refractivity contribution in [1.29, 1.82) is 0 Å². The van der Waals surface area contributed by atoms with E-state index in [9.17, 15) is 10.2 Å². The molecule has 1 radical (unpaired) electrons. The van der Waals surface area contributed by atoms with E-state index in [-0.39, 0.29) is 49.1 Å². The summed E-state index contributed by atoms with van der Waals surface area (Å²) in [5, 5.41) is 21.6. The molecule has 0 amide bonds. The standard InChI is InChI=1S/C16H12N.C12H22O2.Ir/c1-12-11-16(13-7-3-2-4-8-13)17-15-10-6-5-9-14(12)15;1-11(2)5-7-6-12(3,4)10(14)8(7)9(11)13;/h2-7,9-11H,1H3;7-10,13-14H,5-6H2,1-4H3;/q-1;;. The van der Waals surface area contributed by atoms with E-state index in [2.05, 4.69) is 63.9 Å². The van der Waals surface area contributed by atoms with Gasteiger partial charge in [-0.25, -0.2) is 0 Å². The van der Waals surface area contributed by atoms with E-state index >= 15 is 0 Å². The molecule has 1 aromatic heterocycles. The summed E-state index contributed by atoms with van der Waals surface area (Å²) in [4.78, 5) is 4.68. The quantitative estimate of drug-likeness (QED) is 0.343. The fourth-order valence-corrected chi connectivity index (χ4v) is 5.71. The van der Waals surface area contributed by atoms with Gasteiger partial charge in [0.25, 0.3) is 0 Å². The molecule has 3 aromatic rings. The normalized spacial score (nSPS) is 27.2. The molecular weight excluding hydrogens is 575 g/mol. The van der Waals surface area contributed by atoms with Crippen LogP contribution in [0.2, 0.25) is 0 Å². The monoisotopic (exact) mass is 609 g/mol. The van der Waals surface area contributed by atoms with Crippen LogP contribution in [0.3, 0.4) is 0 Å². The van der Waals surface area contributed by atoms with Gasteiger partial charge < -0.3 is 10.2 Å². The fourth-order valence-electron chi connectivity index (χ4n) is 5.71. The minimum absolute atomic E-state index is 0. The van der Waals surface area contributed by atoms with Crippen LogP contribution in [-0.2, 0) is 20.1 Å². The summed E-state index contributed by atoms with van der Waals surface area (Å²) in [7, 11) is 0. The molecule has 3 nitrogen and oxygen atoms in total. The Balaban J connectivity index is 0.000000178. The van der Waals surface area contributed by atoms with Gasteiger partial charge in [0, 0.05) is 31.4 Å². The van der Waals surface area contributed by atoms with Gasteiger partial charge in [-0.2, -0.15) is 0 Å². The molecule has 2 aromatic carbocycles. The van der Waals surface area contributed by atoms with Crippen LogP contribution in [0.25, 0.3) is 22.2 Å². The predicted molar refractivity (Wildman–Crippen MR) is 127 cm³/mol. The zero-order valence-electron chi connectivity index (χ0n) is 19.6. The molecule has 4 heteroatoms. The van der Waals surface area contributed by atoms with Gasteiger partial charge in [0.1, 0.15) is 0 Å². The molecule has 0 saturated heterocycles. The zero-order valence-corrected chi connectivity index (χ0v) is 22.0. The van der Waals surface area contributed by atoms with Gasteiger partial charge in [-0.05, 0) is 53.8 Å². The summed E-state index contributed by atoms with van der Waals surface area (Å²) < 4.78 is 0. The topological polar surface area (TPSA) is 53.4 Å². The number of aliphatic hydroxyl groups is 2. The molecule has 2 N–H and O–H groups in total. The third-order valence-electron chi connectivity index (χ3n) is 7.36. The Morgan fingerprint density at radius 2 is 1.50 bits per heavy atom. The number of hydrogen-bond donors (Lipinski definition) is 2. The second kappa shape index (κ2) is 9.35. The molecule has 5 rings (SSSR count). The first kappa shape index (κ1) is 25.0. The average molecular weight is 609 g/mol. The molecule has 2 unspecified atom stereocenters. The van der Waals surface area contributed by atoms with Gasteiger partial charge in [-0.15, -0.1) is 35.9 Å². The summed E-state index contributed by atoms with van der Waals surface area (Å²) in [5.74, 6) is 0.630. The molecule has 32 heavy (non-hydrogen) atoms. The summed E-state index contributed by atoms with van der Waals surface area (Å²) in [5.41, 5.74) is 4.31. The minimum Gasteiger partial charge on any atom is -0.392 e. The van der Waals surface area contributed by atoms with Gasteiger partial charge in [-0.3, -0.25) is 4.98 Å². The van der Waals surface area contributed by atoms with Gasteiger partial charge in [0.2, 0.25) is 0 Å². The van der Waals surface area contributed by atoms with Crippen molar-refractivity contribution in [1.82, 2.24) is 4.98 Å². The molecular formula is C28H34IrNO2-. The van der Waals surface area contributed by atoms with Crippen molar-refractivity contribution in [2.45, 2.75) is 59.7 Å². The number of aryl methyl sites for hydroxylation is 1. The van der Waals surface area contributed by atoms with Crippen molar-refractivity contribution >= 4 is 10.9 Å². The maximum Gasteiger partial charge on any atom is 0.0646 e. The average Bonchev–Trinajstić information content (AvgIpc) is 3.09. The molecule has 2 atom stereocenters. The van der Waals surface area contributed by atoms with Crippen LogP contribution < -0.4 is 0 Å². The van der Waals surface area contributed by atoms with Crippen LogP contribution in [0.4, 0.5) is 0 Å². The Morgan fingerprint density at radius 3 is 2.06 bits per heavy atom. The van der Waals surface area contributed by atoms with E-state index in [1.807, 2.05) is 36.4 Å². The van der Waals surface area contributed by atoms with Crippen LogP contribution in [0.1, 0.15) is 46.1 Å². The van der Waals surface area contributed by atoms with Crippen LogP contribution in [0, 0.1) is 35.7 Å². The summed E-state index contributed by atoms with van der Waals surface area (Å²) in [6.07, 6.45) is 1.45. The first-order valence-electron chi connectivity index (χ1n) is 11.3. The molecule has 2 aliphatic rings. The number of aromatic nitrogens is 1. The van der Waals surface area contributed by atoms with E-state index < -0.39 is 0 Å². The van der Waals surface area contributed by atoms with Crippen molar-refractivity contribution in [2.75, 3.05) is 0 Å². The Hall–Kier alpha value is -1.58. The van der Waals surface area contributed by atoms with Crippen molar-refractivity contribution in [2.24, 2.45) is 22.7 Å². The first-order valence-corrected chi connectivity index (χ1v) is 11.3. The summed E-state index contributed by atoms with van der Waals surface area (Å²) in [6.45, 7) is 10.5. The van der Waals surface area contributed by atoms with Gasteiger partial charge in [0.15, 0.2) is 0 Å². The van der Waals surface area contributed by atoms with E-state index in [0.717, 1.165) is 29.6 Å². The van der Waals surface area contributed by atoms with E-state index in [1.54, 1.807) is 0 Å².